The minimum atomic E-state index is -3.74. The quantitative estimate of drug-likeness (QED) is 0.131. The van der Waals surface area contributed by atoms with Crippen LogP contribution in [0.25, 0.3) is 10.9 Å². The van der Waals surface area contributed by atoms with E-state index in [4.69, 9.17) is 4.84 Å². The number of nitrogens with zero attached hydrogens (tertiary/aromatic N) is 2. The van der Waals surface area contributed by atoms with Crippen LogP contribution in [0, 0.1) is 5.92 Å². The van der Waals surface area contributed by atoms with Gasteiger partial charge in [0, 0.05) is 53.2 Å². The number of fused-ring (bicyclic) bond motifs is 1. The zero-order chi connectivity index (χ0) is 33.8. The Morgan fingerprint density at radius 1 is 1.02 bits per heavy atom. The van der Waals surface area contributed by atoms with E-state index >= 15 is 0 Å². The fraction of sp³-hybridized carbons (Fsp3) is 0.343. The molecule has 0 aliphatic carbocycles. The lowest BCUT2D eigenvalue weighted by molar-refractivity contribution is -0.226. The maximum atomic E-state index is 13.1. The Morgan fingerprint density at radius 3 is 2.49 bits per heavy atom. The molecular formula is C35H43N5O6S. The van der Waals surface area contributed by atoms with Gasteiger partial charge in [-0.05, 0) is 86.4 Å². The van der Waals surface area contributed by atoms with E-state index in [1.807, 2.05) is 38.2 Å². The van der Waals surface area contributed by atoms with Gasteiger partial charge in [0.1, 0.15) is 6.17 Å². The van der Waals surface area contributed by atoms with Gasteiger partial charge in [-0.3, -0.25) is 9.52 Å². The van der Waals surface area contributed by atoms with E-state index in [9.17, 15) is 23.4 Å². The summed E-state index contributed by atoms with van der Waals surface area (Å²) >= 11 is 0. The number of aryl methyl sites for hydroxylation is 1. The molecule has 250 valence electrons. The molecule has 0 saturated heterocycles. The Labute approximate surface area is 275 Å². The molecule has 11 nitrogen and oxygen atoms in total. The normalized spacial score (nSPS) is 16.5. The molecule has 5 rings (SSSR count). The van der Waals surface area contributed by atoms with E-state index in [1.54, 1.807) is 54.7 Å². The second-order valence-electron chi connectivity index (χ2n) is 12.7. The maximum absolute atomic E-state index is 13.1. The average Bonchev–Trinajstić information content (AvgIpc) is 3.67. The minimum absolute atomic E-state index is 0.0303. The first-order valence-corrected chi connectivity index (χ1v) is 17.1. The predicted octanol–water partition coefficient (Wildman–Crippen LogP) is 4.73. The van der Waals surface area contributed by atoms with Crippen LogP contribution in [0.2, 0.25) is 0 Å². The number of amides is 1. The number of aliphatic hydroxyl groups is 2. The monoisotopic (exact) mass is 661 g/mol. The lowest BCUT2D eigenvalue weighted by Crippen LogP contribution is -2.48. The van der Waals surface area contributed by atoms with Crippen molar-refractivity contribution < 1.29 is 28.3 Å². The van der Waals surface area contributed by atoms with Crippen LogP contribution in [0.1, 0.15) is 56.1 Å². The summed E-state index contributed by atoms with van der Waals surface area (Å²) in [7, 11) is -3.74. The third-order valence-corrected chi connectivity index (χ3v) is 9.57. The molecule has 0 bridgehead atoms. The highest BCUT2D eigenvalue weighted by atomic mass is 32.2. The maximum Gasteiger partial charge on any atom is 0.261 e. The molecular weight excluding hydrogens is 618 g/mol. The number of β-amino-alcohol motifs (C(OH)–C–C–N with tert-alkyl or cyclic N) is 1. The lowest BCUT2D eigenvalue weighted by atomic mass is 9.99. The summed E-state index contributed by atoms with van der Waals surface area (Å²) < 4.78 is 30.2. The number of carbonyl (C=O) groups is 1. The highest BCUT2D eigenvalue weighted by molar-refractivity contribution is 7.92. The zero-order valence-electron chi connectivity index (χ0n) is 27.0. The summed E-state index contributed by atoms with van der Waals surface area (Å²) in [6.45, 7) is 9.05. The van der Waals surface area contributed by atoms with Gasteiger partial charge in [0.25, 0.3) is 15.9 Å². The van der Waals surface area contributed by atoms with Crippen molar-refractivity contribution in [3.8, 4) is 0 Å². The molecule has 1 unspecified atom stereocenters. The number of aromatic nitrogens is 1. The topological polar surface area (TPSA) is 145 Å². The first kappa shape index (κ1) is 34.1. The van der Waals surface area contributed by atoms with Crippen LogP contribution < -0.4 is 15.4 Å². The molecule has 1 aromatic heterocycles. The SMILES string of the molecule is CC(C)C(NC(=O)c1ccc2c(ccn2CCC(C)(C)NC[C@H](O)c2cccc(NS(=O)(=O)c3ccccc3)c2)c1)N1C=C[C@@H](O)O1. The number of anilines is 1. The molecule has 2 heterocycles. The Morgan fingerprint density at radius 2 is 1.79 bits per heavy atom. The van der Waals surface area contributed by atoms with Crippen LogP contribution in [-0.2, 0) is 21.4 Å². The molecule has 47 heavy (non-hydrogen) atoms. The Bertz CT molecular complexity index is 1820. The molecule has 0 radical (unpaired) electrons. The summed E-state index contributed by atoms with van der Waals surface area (Å²) in [4.78, 5) is 18.6. The Hall–Kier alpha value is -4.20. The fourth-order valence-electron chi connectivity index (χ4n) is 5.39. The van der Waals surface area contributed by atoms with Crippen LogP contribution in [0.3, 0.4) is 0 Å². The predicted molar refractivity (Wildman–Crippen MR) is 181 cm³/mol. The van der Waals surface area contributed by atoms with Gasteiger partial charge in [-0.1, -0.05) is 44.2 Å². The number of carbonyl (C=O) groups excluding carboxylic acids is 1. The van der Waals surface area contributed by atoms with Crippen LogP contribution in [0.5, 0.6) is 0 Å². The number of hydrogen-bond acceptors (Lipinski definition) is 8. The van der Waals surface area contributed by atoms with Gasteiger partial charge in [-0.25, -0.2) is 18.3 Å². The van der Waals surface area contributed by atoms with Gasteiger partial charge in [0.05, 0.1) is 11.0 Å². The first-order valence-electron chi connectivity index (χ1n) is 15.6. The number of nitrogens with one attached hydrogen (secondary N) is 3. The molecule has 1 aliphatic heterocycles. The number of sulfonamides is 1. The van der Waals surface area contributed by atoms with Gasteiger partial charge in [-0.15, -0.1) is 0 Å². The summed E-state index contributed by atoms with van der Waals surface area (Å²) in [6.07, 6.45) is 3.57. The molecule has 5 N–H and O–H groups in total. The molecule has 1 amide bonds. The van der Waals surface area contributed by atoms with Crippen molar-refractivity contribution in [3.05, 3.63) is 108 Å². The number of rotatable bonds is 14. The Kier molecular flexibility index (Phi) is 10.4. The van der Waals surface area contributed by atoms with Crippen molar-refractivity contribution >= 4 is 32.5 Å². The van der Waals surface area contributed by atoms with Crippen molar-refractivity contribution in [2.45, 2.75) is 69.7 Å². The highest BCUT2D eigenvalue weighted by Gasteiger charge is 2.28. The number of hydroxylamine groups is 2. The summed E-state index contributed by atoms with van der Waals surface area (Å²) in [5, 5.41) is 29.5. The van der Waals surface area contributed by atoms with Crippen LogP contribution in [-0.4, -0.2) is 58.7 Å². The van der Waals surface area contributed by atoms with Gasteiger partial charge in [0.15, 0.2) is 0 Å². The standard InChI is InChI=1S/C35H43N5O6S/c1-24(2)33(40-19-16-32(42)46-40)37-34(43)27-13-14-30-25(21-27)15-18-39(30)20-17-35(3,4)36-23-31(41)26-9-8-10-28(22-26)38-47(44,45)29-11-6-5-7-12-29/h5-16,18-19,21-22,24,31-33,36,38,41-42H,17,20,23H2,1-4H3,(H,37,43)/t31-,32-,33?/m0/s1. The number of hydrogen-bond donors (Lipinski definition) is 5. The number of aliphatic hydroxyl groups excluding tert-OH is 2. The largest absolute Gasteiger partial charge is 0.387 e. The van der Waals surface area contributed by atoms with E-state index in [1.165, 1.54) is 23.3 Å². The molecule has 12 heteroatoms. The minimum Gasteiger partial charge on any atom is -0.387 e. The summed E-state index contributed by atoms with van der Waals surface area (Å²) in [6, 6.07) is 22.5. The van der Waals surface area contributed by atoms with E-state index < -0.39 is 28.6 Å². The Balaban J connectivity index is 1.16. The smallest absolute Gasteiger partial charge is 0.261 e. The molecule has 3 atom stereocenters. The van der Waals surface area contributed by atoms with Gasteiger partial charge >= 0.3 is 0 Å². The van der Waals surface area contributed by atoms with E-state index in [-0.39, 0.29) is 28.8 Å². The summed E-state index contributed by atoms with van der Waals surface area (Å²) in [5.41, 5.74) is 2.18. The van der Waals surface area contributed by atoms with Crippen LogP contribution in [0.4, 0.5) is 5.69 Å². The van der Waals surface area contributed by atoms with E-state index in [2.05, 4.69) is 33.8 Å². The van der Waals surface area contributed by atoms with Crippen molar-refractivity contribution in [1.82, 2.24) is 20.3 Å². The molecule has 3 aromatic carbocycles. The zero-order valence-corrected chi connectivity index (χ0v) is 27.8. The van der Waals surface area contributed by atoms with Crippen molar-refractivity contribution in [3.63, 3.8) is 0 Å². The third kappa shape index (κ3) is 8.59. The molecule has 0 spiro atoms. The third-order valence-electron chi connectivity index (χ3n) is 8.17. The summed E-state index contributed by atoms with van der Waals surface area (Å²) in [5.74, 6) is -0.206. The number of benzene rings is 3. The van der Waals surface area contributed by atoms with E-state index in [0.717, 1.165) is 17.3 Å². The average molecular weight is 662 g/mol. The van der Waals surface area contributed by atoms with Crippen molar-refractivity contribution in [1.29, 1.82) is 0 Å². The molecule has 0 fully saturated rings. The molecule has 0 saturated carbocycles. The fourth-order valence-corrected chi connectivity index (χ4v) is 6.46. The first-order chi connectivity index (χ1) is 22.3. The van der Waals surface area contributed by atoms with Gasteiger partial charge in [-0.2, -0.15) is 0 Å². The molecule has 4 aromatic rings. The highest BCUT2D eigenvalue weighted by Crippen LogP contribution is 2.24. The van der Waals surface area contributed by atoms with Crippen molar-refractivity contribution in [2.75, 3.05) is 11.3 Å². The second kappa shape index (κ2) is 14.3. The van der Waals surface area contributed by atoms with Crippen LogP contribution in [0.15, 0.2) is 102 Å². The lowest BCUT2D eigenvalue weighted by Gasteiger charge is -2.30. The van der Waals surface area contributed by atoms with E-state index in [0.29, 0.717) is 23.4 Å². The molecule has 1 aliphatic rings. The van der Waals surface area contributed by atoms with Crippen molar-refractivity contribution in [2.24, 2.45) is 5.92 Å². The van der Waals surface area contributed by atoms with Gasteiger partial charge in [0.2, 0.25) is 6.29 Å². The second-order valence-corrected chi connectivity index (χ2v) is 14.4. The van der Waals surface area contributed by atoms with Crippen LogP contribution >= 0.6 is 0 Å². The van der Waals surface area contributed by atoms with Gasteiger partial charge < -0.3 is 25.4 Å².